The zero-order valence-corrected chi connectivity index (χ0v) is 9.94. The van der Waals surface area contributed by atoms with Gasteiger partial charge in [-0.25, -0.2) is 0 Å². The van der Waals surface area contributed by atoms with Gasteiger partial charge in [0.1, 0.15) is 11.6 Å². The molecule has 0 aromatic carbocycles. The second-order valence-electron chi connectivity index (χ2n) is 3.12. The number of rotatable bonds is 2. The highest BCUT2D eigenvalue weighted by Crippen LogP contribution is 2.13. The minimum absolute atomic E-state index is 0.269. The zero-order chi connectivity index (χ0) is 12.8. The van der Waals surface area contributed by atoms with Crippen molar-refractivity contribution < 1.29 is 9.90 Å². The third-order valence-electron chi connectivity index (χ3n) is 1.97. The predicted octanol–water partition coefficient (Wildman–Crippen LogP) is 0.529. The minimum atomic E-state index is -0.314. The van der Waals surface area contributed by atoms with Gasteiger partial charge in [0.15, 0.2) is 0 Å². The molecule has 0 aliphatic carbocycles. The van der Waals surface area contributed by atoms with E-state index in [9.17, 15) is 4.79 Å². The number of nitrogens with one attached hydrogen (secondary N) is 1. The Morgan fingerprint density at radius 3 is 3.11 bits per heavy atom. The number of carbonyl (C=O) groups excluding carboxylic acids is 1. The molecular weight excluding hydrogens is 252 g/mol. The van der Waals surface area contributed by atoms with Gasteiger partial charge in [-0.2, -0.15) is 0 Å². The molecule has 0 spiro atoms. The van der Waals surface area contributed by atoms with E-state index in [1.165, 1.54) is 18.6 Å². The molecule has 18 heavy (non-hydrogen) atoms. The Kier molecular flexibility index (Phi) is 3.96. The lowest BCUT2D eigenvalue weighted by atomic mass is 10.1. The summed E-state index contributed by atoms with van der Waals surface area (Å²) in [5.41, 5.74) is 0.848. The molecule has 0 radical (unpaired) electrons. The van der Waals surface area contributed by atoms with Crippen molar-refractivity contribution in [2.45, 2.75) is 0 Å². The molecule has 7 heteroatoms. The van der Waals surface area contributed by atoms with Crippen molar-refractivity contribution in [3.63, 3.8) is 0 Å². The van der Waals surface area contributed by atoms with E-state index < -0.39 is 0 Å². The Bertz CT molecular complexity index is 601. The molecule has 0 saturated carbocycles. The smallest absolute Gasteiger partial charge is 0.257 e. The van der Waals surface area contributed by atoms with E-state index in [1.54, 1.807) is 6.07 Å². The average Bonchev–Trinajstić information content (AvgIpc) is 2.89. The third kappa shape index (κ3) is 2.88. The number of nitrogens with zero attached hydrogens (tertiary/aromatic N) is 3. The van der Waals surface area contributed by atoms with Crippen LogP contribution < -0.4 is 5.32 Å². The normalized spacial score (nSPS) is 9.39. The van der Waals surface area contributed by atoms with E-state index in [1.807, 2.05) is 0 Å². The number of aromatic nitrogens is 3. The highest BCUT2D eigenvalue weighted by molar-refractivity contribution is 7.10. The molecule has 90 valence electrons. The quantitative estimate of drug-likeness (QED) is 0.769. The Hall–Kier alpha value is -2.30. The van der Waals surface area contributed by atoms with Crippen molar-refractivity contribution in [2.75, 3.05) is 11.9 Å². The fraction of sp³-hybridized carbons (Fsp3) is 0.0909. The van der Waals surface area contributed by atoms with E-state index >= 15 is 0 Å². The maximum Gasteiger partial charge on any atom is 0.257 e. The molecule has 6 nitrogen and oxygen atoms in total. The first-order chi connectivity index (χ1) is 8.81. The largest absolute Gasteiger partial charge is 0.384 e. The first-order valence-electron chi connectivity index (χ1n) is 4.93. The molecule has 0 saturated heterocycles. The van der Waals surface area contributed by atoms with Crippen LogP contribution in [0.25, 0.3) is 0 Å². The summed E-state index contributed by atoms with van der Waals surface area (Å²) in [4.78, 5) is 15.9. The van der Waals surface area contributed by atoms with Crippen molar-refractivity contribution >= 4 is 22.4 Å². The maximum atomic E-state index is 12.0. The monoisotopic (exact) mass is 260 g/mol. The second kappa shape index (κ2) is 5.86. The van der Waals surface area contributed by atoms with Gasteiger partial charge < -0.3 is 10.4 Å². The van der Waals surface area contributed by atoms with Crippen molar-refractivity contribution in [2.24, 2.45) is 0 Å². The Morgan fingerprint density at radius 1 is 1.50 bits per heavy atom. The summed E-state index contributed by atoms with van der Waals surface area (Å²) in [7, 11) is 0. The molecule has 0 aliphatic rings. The molecule has 2 rings (SSSR count). The van der Waals surface area contributed by atoms with Gasteiger partial charge in [-0.3, -0.25) is 9.78 Å². The molecule has 0 unspecified atom stereocenters. The number of pyridine rings is 1. The molecule has 2 heterocycles. The SMILES string of the molecule is O=C(Nc1cnns1)c1ccncc1C#CCO. The molecule has 0 aliphatic heterocycles. The van der Waals surface area contributed by atoms with E-state index in [-0.39, 0.29) is 12.5 Å². The van der Waals surface area contributed by atoms with Crippen LogP contribution in [0.5, 0.6) is 0 Å². The van der Waals surface area contributed by atoms with Crippen LogP contribution in [-0.4, -0.2) is 32.2 Å². The number of amides is 1. The fourth-order valence-electron chi connectivity index (χ4n) is 1.23. The molecule has 2 N–H and O–H groups in total. The Labute approximate surface area is 107 Å². The summed E-state index contributed by atoms with van der Waals surface area (Å²) < 4.78 is 3.64. The highest BCUT2D eigenvalue weighted by Gasteiger charge is 2.11. The van der Waals surface area contributed by atoms with Gasteiger partial charge in [0.25, 0.3) is 5.91 Å². The van der Waals surface area contributed by atoms with Gasteiger partial charge in [0, 0.05) is 23.9 Å². The van der Waals surface area contributed by atoms with Crippen LogP contribution in [0.2, 0.25) is 0 Å². The summed E-state index contributed by atoms with van der Waals surface area (Å²) in [6.45, 7) is -0.269. The average molecular weight is 260 g/mol. The number of hydrogen-bond donors (Lipinski definition) is 2. The molecule has 2 aromatic heterocycles. The third-order valence-corrected chi connectivity index (χ3v) is 2.55. The van der Waals surface area contributed by atoms with Crippen molar-refractivity contribution in [1.82, 2.24) is 14.6 Å². The number of hydrogen-bond acceptors (Lipinski definition) is 6. The number of aliphatic hydroxyl groups is 1. The van der Waals surface area contributed by atoms with Crippen molar-refractivity contribution in [3.05, 3.63) is 35.8 Å². The van der Waals surface area contributed by atoms with E-state index in [0.717, 1.165) is 11.5 Å². The van der Waals surface area contributed by atoms with Gasteiger partial charge in [0.05, 0.1) is 17.3 Å². The molecule has 0 atom stereocenters. The van der Waals surface area contributed by atoms with Gasteiger partial charge in [-0.15, -0.1) is 5.10 Å². The summed E-state index contributed by atoms with van der Waals surface area (Å²) >= 11 is 1.08. The van der Waals surface area contributed by atoms with Gasteiger partial charge >= 0.3 is 0 Å². The van der Waals surface area contributed by atoms with Crippen LogP contribution in [0.15, 0.2) is 24.7 Å². The molecule has 0 fully saturated rings. The van der Waals surface area contributed by atoms with Crippen LogP contribution in [0.4, 0.5) is 5.00 Å². The topological polar surface area (TPSA) is 88.0 Å². The van der Waals surface area contributed by atoms with Gasteiger partial charge in [-0.1, -0.05) is 16.3 Å². The summed E-state index contributed by atoms with van der Waals surface area (Å²) in [5, 5.41) is 15.5. The highest BCUT2D eigenvalue weighted by atomic mass is 32.1. The van der Waals surface area contributed by atoms with Crippen LogP contribution in [0, 0.1) is 11.8 Å². The zero-order valence-electron chi connectivity index (χ0n) is 9.12. The van der Waals surface area contributed by atoms with E-state index in [4.69, 9.17) is 5.11 Å². The van der Waals surface area contributed by atoms with Crippen LogP contribution in [0.3, 0.4) is 0 Å². The van der Waals surface area contributed by atoms with Gasteiger partial charge in [-0.05, 0) is 6.07 Å². The molecule has 2 aromatic rings. The second-order valence-corrected chi connectivity index (χ2v) is 3.90. The minimum Gasteiger partial charge on any atom is -0.384 e. The van der Waals surface area contributed by atoms with Crippen LogP contribution in [0.1, 0.15) is 15.9 Å². The molecular formula is C11H8N4O2S. The lowest BCUT2D eigenvalue weighted by Gasteiger charge is -2.03. The first-order valence-corrected chi connectivity index (χ1v) is 5.71. The number of carbonyl (C=O) groups is 1. The lowest BCUT2D eigenvalue weighted by molar-refractivity contribution is 0.102. The molecule has 0 bridgehead atoms. The lowest BCUT2D eigenvalue weighted by Crippen LogP contribution is -2.12. The van der Waals surface area contributed by atoms with Crippen molar-refractivity contribution in [3.8, 4) is 11.8 Å². The van der Waals surface area contributed by atoms with Crippen LogP contribution in [-0.2, 0) is 0 Å². The summed E-state index contributed by atoms with van der Waals surface area (Å²) in [6, 6.07) is 1.56. The maximum absolute atomic E-state index is 12.0. The fourth-order valence-corrected chi connectivity index (χ4v) is 1.64. The predicted molar refractivity (Wildman–Crippen MR) is 66.1 cm³/mol. The Balaban J connectivity index is 2.24. The number of anilines is 1. The molecule has 1 amide bonds. The van der Waals surface area contributed by atoms with Crippen LogP contribution >= 0.6 is 11.5 Å². The van der Waals surface area contributed by atoms with Crippen molar-refractivity contribution in [1.29, 1.82) is 0 Å². The standard InChI is InChI=1S/C11H8N4O2S/c16-5-1-2-8-6-12-4-3-9(8)11(17)14-10-7-13-15-18-10/h3-4,6-7,16H,5H2,(H,14,17). The number of aliphatic hydroxyl groups excluding tert-OH is 1. The summed E-state index contributed by atoms with van der Waals surface area (Å²) in [5.74, 6) is 4.84. The summed E-state index contributed by atoms with van der Waals surface area (Å²) in [6.07, 6.45) is 4.44. The van der Waals surface area contributed by atoms with E-state index in [0.29, 0.717) is 16.1 Å². The first kappa shape index (κ1) is 12.2. The Morgan fingerprint density at radius 2 is 2.39 bits per heavy atom. The van der Waals surface area contributed by atoms with Gasteiger partial charge in [0.2, 0.25) is 0 Å². The van der Waals surface area contributed by atoms with E-state index in [2.05, 4.69) is 31.7 Å².